The lowest BCUT2D eigenvalue weighted by Crippen LogP contribution is -2.53. The molecule has 2 unspecified atom stereocenters. The molecule has 6 nitrogen and oxygen atoms in total. The van der Waals surface area contributed by atoms with Gasteiger partial charge >= 0.3 is 5.97 Å². The monoisotopic (exact) mass is 325 g/mol. The maximum atomic E-state index is 12.8. The number of nitrogens with one attached hydrogen (secondary N) is 1. The number of fused-ring (bicyclic) bond motifs is 1. The van der Waals surface area contributed by atoms with Gasteiger partial charge in [-0.25, -0.2) is 0 Å². The third-order valence-electron chi connectivity index (χ3n) is 4.32. The van der Waals surface area contributed by atoms with E-state index in [9.17, 15) is 19.5 Å². The molecule has 0 saturated carbocycles. The Morgan fingerprint density at radius 1 is 1.17 bits per heavy atom. The second kappa shape index (κ2) is 5.90. The number of carboxylic acid groups (broad SMARTS) is 1. The van der Waals surface area contributed by atoms with Gasteiger partial charge in [0.05, 0.1) is 6.42 Å². The zero-order valence-corrected chi connectivity index (χ0v) is 12.6. The number of hydrogen-bond acceptors (Lipinski definition) is 4. The van der Waals surface area contributed by atoms with Crippen molar-refractivity contribution in [2.45, 2.75) is 18.1 Å². The molecule has 0 spiro atoms. The lowest BCUT2D eigenvalue weighted by atomic mass is 9.88. The summed E-state index contributed by atoms with van der Waals surface area (Å²) < 4.78 is 0. The molecule has 2 atom stereocenters. The van der Waals surface area contributed by atoms with Gasteiger partial charge in [-0.3, -0.25) is 14.4 Å². The quantitative estimate of drug-likeness (QED) is 0.724. The minimum atomic E-state index is -1.87. The Labute approximate surface area is 137 Å². The van der Waals surface area contributed by atoms with Crippen LogP contribution in [0.1, 0.15) is 28.4 Å². The highest BCUT2D eigenvalue weighted by atomic mass is 16.4. The van der Waals surface area contributed by atoms with Gasteiger partial charge in [0, 0.05) is 5.56 Å². The lowest BCUT2D eigenvalue weighted by molar-refractivity contribution is -0.139. The van der Waals surface area contributed by atoms with E-state index in [2.05, 4.69) is 5.32 Å². The third kappa shape index (κ3) is 2.37. The Morgan fingerprint density at radius 2 is 1.88 bits per heavy atom. The Bertz CT molecular complexity index is 817. The summed E-state index contributed by atoms with van der Waals surface area (Å²) in [7, 11) is 0. The molecule has 0 heterocycles. The summed E-state index contributed by atoms with van der Waals surface area (Å²) in [5.41, 5.74) is 0.328. The third-order valence-corrected chi connectivity index (χ3v) is 4.32. The molecule has 0 saturated heterocycles. The number of carbonyl (C=O) groups excluding carboxylic acids is 2. The molecule has 1 amide bonds. The Balaban J connectivity index is 2.10. The molecule has 0 fully saturated rings. The Hall–Kier alpha value is -2.99. The molecule has 0 bridgehead atoms. The number of Topliss-reactive ketones (excluding diaryl/α,β-unsaturated/α-hetero) is 1. The first kappa shape index (κ1) is 15.9. The molecule has 3 N–H and O–H groups in total. The van der Waals surface area contributed by atoms with Gasteiger partial charge in [-0.2, -0.15) is 0 Å². The number of amides is 1. The van der Waals surface area contributed by atoms with Crippen LogP contribution in [0.15, 0.2) is 48.5 Å². The van der Waals surface area contributed by atoms with Crippen LogP contribution >= 0.6 is 0 Å². The highest BCUT2D eigenvalue weighted by Crippen LogP contribution is 2.42. The molecule has 0 aliphatic heterocycles. The van der Waals surface area contributed by atoms with Crippen molar-refractivity contribution in [1.82, 2.24) is 5.32 Å². The number of hydrogen-bond donors (Lipinski definition) is 3. The fraction of sp³-hybridized carbons (Fsp3) is 0.167. The number of aliphatic hydroxyl groups excluding tert-OH is 1. The SMILES string of the molecule is O=CNC1(CC(=O)O)C(=O)c2cc(-c3ccccc3)ccc2C1O. The summed E-state index contributed by atoms with van der Waals surface area (Å²) in [6.45, 7) is 0. The molecule has 122 valence electrons. The van der Waals surface area contributed by atoms with E-state index in [0.29, 0.717) is 5.56 Å². The summed E-state index contributed by atoms with van der Waals surface area (Å²) in [5, 5.41) is 21.8. The highest BCUT2D eigenvalue weighted by Gasteiger charge is 2.54. The molecule has 2 aromatic rings. The second-order valence-corrected chi connectivity index (χ2v) is 5.70. The van der Waals surface area contributed by atoms with Crippen LogP contribution in [-0.2, 0) is 9.59 Å². The van der Waals surface area contributed by atoms with Gasteiger partial charge in [0.15, 0.2) is 5.78 Å². The summed E-state index contributed by atoms with van der Waals surface area (Å²) >= 11 is 0. The number of carbonyl (C=O) groups is 3. The van der Waals surface area contributed by atoms with Crippen LogP contribution in [0.5, 0.6) is 0 Å². The van der Waals surface area contributed by atoms with E-state index in [0.717, 1.165) is 11.1 Å². The fourth-order valence-corrected chi connectivity index (χ4v) is 3.15. The van der Waals surface area contributed by atoms with Gasteiger partial charge in [-0.15, -0.1) is 0 Å². The molecule has 1 aliphatic carbocycles. The second-order valence-electron chi connectivity index (χ2n) is 5.70. The van der Waals surface area contributed by atoms with E-state index in [1.54, 1.807) is 18.2 Å². The van der Waals surface area contributed by atoms with Crippen LogP contribution in [-0.4, -0.2) is 33.9 Å². The molecule has 2 aromatic carbocycles. The molecule has 3 rings (SSSR count). The maximum absolute atomic E-state index is 12.8. The van der Waals surface area contributed by atoms with Crippen LogP contribution in [0.4, 0.5) is 0 Å². The summed E-state index contributed by atoms with van der Waals surface area (Å²) in [4.78, 5) is 34.9. The van der Waals surface area contributed by atoms with Crippen molar-refractivity contribution in [2.24, 2.45) is 0 Å². The predicted molar refractivity (Wildman–Crippen MR) is 85.4 cm³/mol. The first-order chi connectivity index (χ1) is 11.5. The number of aliphatic carboxylic acids is 1. The summed E-state index contributed by atoms with van der Waals surface area (Å²) in [6, 6.07) is 14.3. The first-order valence-electron chi connectivity index (χ1n) is 7.35. The van der Waals surface area contributed by atoms with E-state index >= 15 is 0 Å². The van der Waals surface area contributed by atoms with Crippen LogP contribution in [0, 0.1) is 0 Å². The number of ketones is 1. The zero-order valence-electron chi connectivity index (χ0n) is 12.6. The van der Waals surface area contributed by atoms with Crippen LogP contribution in [0.2, 0.25) is 0 Å². The van der Waals surface area contributed by atoms with Gasteiger partial charge in [0.2, 0.25) is 6.41 Å². The number of benzene rings is 2. The van der Waals surface area contributed by atoms with Gasteiger partial charge in [-0.05, 0) is 22.8 Å². The van der Waals surface area contributed by atoms with Crippen molar-refractivity contribution in [3.63, 3.8) is 0 Å². The topological polar surface area (TPSA) is 104 Å². The molecule has 0 aromatic heterocycles. The predicted octanol–water partition coefficient (Wildman–Crippen LogP) is 1.54. The van der Waals surface area contributed by atoms with Crippen molar-refractivity contribution >= 4 is 18.2 Å². The average molecular weight is 325 g/mol. The first-order valence-corrected chi connectivity index (χ1v) is 7.35. The van der Waals surface area contributed by atoms with Crippen LogP contribution in [0.3, 0.4) is 0 Å². The van der Waals surface area contributed by atoms with E-state index in [4.69, 9.17) is 5.11 Å². The van der Waals surface area contributed by atoms with Gasteiger partial charge in [0.25, 0.3) is 0 Å². The van der Waals surface area contributed by atoms with Crippen LogP contribution < -0.4 is 5.32 Å². The smallest absolute Gasteiger partial charge is 0.306 e. The minimum Gasteiger partial charge on any atom is -0.481 e. The maximum Gasteiger partial charge on any atom is 0.306 e. The molecular formula is C18H15NO5. The molecule has 24 heavy (non-hydrogen) atoms. The number of rotatable bonds is 5. The summed E-state index contributed by atoms with van der Waals surface area (Å²) in [5.74, 6) is -1.88. The summed E-state index contributed by atoms with van der Waals surface area (Å²) in [6.07, 6.45) is -1.86. The van der Waals surface area contributed by atoms with E-state index < -0.39 is 29.8 Å². The minimum absolute atomic E-state index is 0.222. The van der Waals surface area contributed by atoms with Gasteiger partial charge < -0.3 is 15.5 Å². The van der Waals surface area contributed by atoms with Crippen molar-refractivity contribution in [2.75, 3.05) is 0 Å². The molecule has 6 heteroatoms. The van der Waals surface area contributed by atoms with Crippen molar-refractivity contribution in [3.8, 4) is 11.1 Å². The highest BCUT2D eigenvalue weighted by molar-refractivity contribution is 6.11. The van der Waals surface area contributed by atoms with Crippen molar-refractivity contribution < 1.29 is 24.6 Å². The van der Waals surface area contributed by atoms with Crippen molar-refractivity contribution in [3.05, 3.63) is 59.7 Å². The number of carboxylic acids is 1. The normalized spacial score (nSPS) is 22.0. The van der Waals surface area contributed by atoms with Gasteiger partial charge in [0.1, 0.15) is 11.6 Å². The fourth-order valence-electron chi connectivity index (χ4n) is 3.15. The molecular weight excluding hydrogens is 310 g/mol. The molecule has 0 radical (unpaired) electrons. The average Bonchev–Trinajstić information content (AvgIpc) is 2.78. The van der Waals surface area contributed by atoms with E-state index in [1.165, 1.54) is 0 Å². The van der Waals surface area contributed by atoms with Gasteiger partial charge in [-0.1, -0.05) is 42.5 Å². The molecule has 1 aliphatic rings. The lowest BCUT2D eigenvalue weighted by Gasteiger charge is -2.28. The largest absolute Gasteiger partial charge is 0.481 e. The van der Waals surface area contributed by atoms with Crippen LogP contribution in [0.25, 0.3) is 11.1 Å². The Kier molecular flexibility index (Phi) is 3.91. The Morgan fingerprint density at radius 3 is 2.50 bits per heavy atom. The van der Waals surface area contributed by atoms with E-state index in [1.807, 2.05) is 30.3 Å². The zero-order chi connectivity index (χ0) is 17.3. The standard InChI is InChI=1S/C18H15NO5/c20-10-19-18(9-15(21)22)16(23)13-7-6-12(8-14(13)17(18)24)11-4-2-1-3-5-11/h1-8,10,16,23H,9H2,(H,19,20)(H,21,22). The van der Waals surface area contributed by atoms with E-state index in [-0.39, 0.29) is 12.0 Å². The number of aliphatic hydroxyl groups is 1. The van der Waals surface area contributed by atoms with Crippen molar-refractivity contribution in [1.29, 1.82) is 0 Å².